The van der Waals surface area contributed by atoms with E-state index in [0.717, 1.165) is 0 Å². The third-order valence-corrected chi connectivity index (χ3v) is 12.2. The number of urea groups is 3. The Bertz CT molecular complexity index is 2830. The number of benzene rings is 3. The Balaban J connectivity index is 0.000000271. The Morgan fingerprint density at radius 3 is 1.61 bits per heavy atom. The molecule has 5 heterocycles. The van der Waals surface area contributed by atoms with Crippen molar-refractivity contribution in [1.29, 1.82) is 0 Å². The van der Waals surface area contributed by atoms with Gasteiger partial charge in [-0.2, -0.15) is 0 Å². The fourth-order valence-corrected chi connectivity index (χ4v) is 8.77. The third kappa shape index (κ3) is 20.0. The number of methoxy groups -OCH3 is 1. The van der Waals surface area contributed by atoms with Crippen molar-refractivity contribution in [3.05, 3.63) is 76.7 Å². The van der Waals surface area contributed by atoms with E-state index in [1.807, 2.05) is 34.6 Å². The molecule has 6 N–H and O–H groups in total. The zero-order valence-corrected chi connectivity index (χ0v) is 55.2. The Labute approximate surface area is 498 Å². The molecule has 30 heteroatoms. The normalized spacial score (nSPS) is 12.3. The van der Waals surface area contributed by atoms with Crippen LogP contribution in [-0.2, 0) is 9.31 Å². The number of pyridine rings is 1. The van der Waals surface area contributed by atoms with Gasteiger partial charge in [-0.15, -0.1) is 24.0 Å². The average Bonchev–Trinajstić information content (AvgIpc) is 4.02. The Kier molecular flexibility index (Phi) is 29.2. The zero-order chi connectivity index (χ0) is 51.5. The molecule has 0 bridgehead atoms. The summed E-state index contributed by atoms with van der Waals surface area (Å²) in [7, 11) is 0.808. The summed E-state index contributed by atoms with van der Waals surface area (Å²) in [6.45, 7) is 12.1. The van der Waals surface area contributed by atoms with Gasteiger partial charge in [-0.25, -0.2) is 42.5 Å². The first-order valence-corrected chi connectivity index (χ1v) is 42.4. The van der Waals surface area contributed by atoms with E-state index >= 15 is 0 Å². The molecule has 4 aromatic heterocycles. The first-order chi connectivity index (χ1) is 33.5. The molecule has 0 atom stereocenters. The second-order valence-electron chi connectivity index (χ2n) is 14.6. The maximum absolute atomic E-state index is 14.4. The average molecular weight is 1780 g/mol. The molecule has 3 aromatic carbocycles. The number of nitrogens with one attached hydrogen (secondary N) is 6. The van der Waals surface area contributed by atoms with Crippen molar-refractivity contribution in [2.45, 2.75) is 34.6 Å². The predicted molar refractivity (Wildman–Crippen MR) is 327 cm³/mol. The summed E-state index contributed by atoms with van der Waals surface area (Å²) in [6.07, 6.45) is 1.56. The standard InChI is InChI=1S/C16H15FN4O2S.C15H19BFN3O3S.C10H9BrFN3OS.I3.I2.HI/c1-3-18-15(22)21-16-20-13-7-10(11(17)8-14(13)24-16)12-6-9(23-2)4-5-19-12;1-4-18-13(21)20-14-19-11-5-9(10(17)6-12(11)24-14)16-22-7-15(2,3)8-23-16;1-2-13-9(16)15-10-14-7-3-5(11)6(12)4-8(7)17-10;1-3-2;1-2;/h4-8H,3H2,1-2H3,(H2,18,20,21,22);5-6H,4,7-8H2,1-3H3,(H2,18,19,20,21);3-4H,2H2,1H3,(H2,13,14,15,16);;;1H/q;;;-1;;. The second kappa shape index (κ2) is 32.3. The van der Waals surface area contributed by atoms with Gasteiger partial charge < -0.3 is 30.0 Å². The Hall–Kier alpha value is -1.28. The molecule has 8 rings (SSSR count). The molecule has 0 aliphatic carbocycles. The SMILES string of the molecule is CCNC(=O)Nc1nc2cc(-c3cc(OC)ccn3)c(F)cc2s1.CCNC(=O)Nc1nc2cc(B3OCC(C)(C)CO3)c(F)cc2s1.CCNC(=O)Nc1nc2cc(Br)c(F)cc2s1.I.II.I[I-]I. The molecule has 386 valence electrons. The number of ether oxygens (including phenoxy) is 1. The van der Waals surface area contributed by atoms with Gasteiger partial charge in [0.15, 0.2) is 15.4 Å². The van der Waals surface area contributed by atoms with Crippen molar-refractivity contribution in [2.75, 3.05) is 55.9 Å². The van der Waals surface area contributed by atoms with Crippen LogP contribution in [0.2, 0.25) is 0 Å². The summed E-state index contributed by atoms with van der Waals surface area (Å²) in [5.74, 6) is -0.557. The van der Waals surface area contributed by atoms with Crippen molar-refractivity contribution < 1.29 is 54.9 Å². The van der Waals surface area contributed by atoms with Crippen molar-refractivity contribution in [3.63, 3.8) is 0 Å². The first-order valence-electron chi connectivity index (χ1n) is 20.3. The van der Waals surface area contributed by atoms with E-state index in [2.05, 4.69) is 142 Å². The molecule has 0 saturated carbocycles. The third-order valence-electron chi connectivity index (χ3n) is 8.84. The van der Waals surface area contributed by atoms with Gasteiger partial charge in [0.25, 0.3) is 0 Å². The van der Waals surface area contributed by atoms with Crippen LogP contribution in [0.3, 0.4) is 0 Å². The summed E-state index contributed by atoms with van der Waals surface area (Å²) >= 11 is 16.3. The van der Waals surface area contributed by atoms with Crippen LogP contribution in [0, 0.1) is 22.9 Å². The van der Waals surface area contributed by atoms with E-state index in [9.17, 15) is 27.6 Å². The first kappa shape index (κ1) is 64.0. The number of carbonyl (C=O) groups is 3. The van der Waals surface area contributed by atoms with Gasteiger partial charge in [0.2, 0.25) is 0 Å². The van der Waals surface area contributed by atoms with Crippen molar-refractivity contribution in [3.8, 4) is 17.0 Å². The van der Waals surface area contributed by atoms with Crippen LogP contribution in [-0.4, -0.2) is 85.1 Å². The van der Waals surface area contributed by atoms with Gasteiger partial charge in [-0.05, 0) is 79.2 Å². The van der Waals surface area contributed by atoms with Gasteiger partial charge >= 0.3 is 75.7 Å². The number of amides is 6. The van der Waals surface area contributed by atoms with Gasteiger partial charge in [0.1, 0.15) is 23.2 Å². The van der Waals surface area contributed by atoms with Gasteiger partial charge in [0.05, 0.1) is 47.9 Å². The number of nitrogens with zero attached hydrogens (tertiary/aromatic N) is 4. The molecule has 7 aromatic rings. The van der Waals surface area contributed by atoms with E-state index in [-0.39, 0.29) is 53.3 Å². The monoisotopic (exact) mass is 1780 g/mol. The number of hydrogen-bond acceptors (Lipinski definition) is 13. The number of hydrogen-bond donors (Lipinski definition) is 6. The number of aromatic nitrogens is 4. The van der Waals surface area contributed by atoms with Crippen LogP contribution in [0.1, 0.15) is 34.6 Å². The predicted octanol–water partition coefficient (Wildman–Crippen LogP) is 10.5. The Morgan fingerprint density at radius 1 is 0.732 bits per heavy atom. The maximum atomic E-state index is 14.4. The van der Waals surface area contributed by atoms with Gasteiger partial charge in [0, 0.05) is 98.8 Å². The quantitative estimate of drug-likeness (QED) is 0.0596. The minimum absolute atomic E-state index is 0. The summed E-state index contributed by atoms with van der Waals surface area (Å²) in [6, 6.07) is 11.4. The van der Waals surface area contributed by atoms with E-state index in [4.69, 9.17) is 14.0 Å². The van der Waals surface area contributed by atoms with E-state index < -0.39 is 18.8 Å². The van der Waals surface area contributed by atoms with E-state index in [0.29, 0.717) is 119 Å². The number of carbonyl (C=O) groups excluding carboxylic acids is 3. The molecule has 1 aliphatic rings. The number of fused-ring (bicyclic) bond motifs is 3. The number of anilines is 3. The fraction of sp³-hybridized carbons (Fsp3) is 0.293. The van der Waals surface area contributed by atoms with Crippen LogP contribution in [0.15, 0.2) is 59.2 Å². The minimum atomic E-state index is -0.732. The molecule has 71 heavy (non-hydrogen) atoms. The summed E-state index contributed by atoms with van der Waals surface area (Å²) < 4.78 is 60.9. The van der Waals surface area contributed by atoms with Crippen LogP contribution in [0.5, 0.6) is 5.75 Å². The van der Waals surface area contributed by atoms with Crippen LogP contribution in [0.25, 0.3) is 41.9 Å². The summed E-state index contributed by atoms with van der Waals surface area (Å²) in [5.41, 5.74) is 2.87. The molecule has 0 spiro atoms. The molecule has 6 amide bonds. The van der Waals surface area contributed by atoms with Gasteiger partial charge in [-0.1, -0.05) is 47.9 Å². The summed E-state index contributed by atoms with van der Waals surface area (Å²) in [5, 5.41) is 17.0. The molecule has 0 radical (unpaired) electrons. The van der Waals surface area contributed by atoms with Crippen LogP contribution < -0.4 is 55.4 Å². The van der Waals surface area contributed by atoms with Crippen molar-refractivity contribution in [1.82, 2.24) is 35.9 Å². The zero-order valence-electron chi connectivity index (χ0n) is 38.1. The number of thiazole rings is 3. The molecular formula is C41H44BBrF3I6N10O6S3-. The summed E-state index contributed by atoms with van der Waals surface area (Å²) in [4.78, 5) is 51.4. The molecule has 1 aliphatic heterocycles. The van der Waals surface area contributed by atoms with Crippen molar-refractivity contribution in [2.24, 2.45) is 5.41 Å². The van der Waals surface area contributed by atoms with Gasteiger partial charge in [-0.3, -0.25) is 20.9 Å². The van der Waals surface area contributed by atoms with Crippen molar-refractivity contribution >= 4 is 225 Å². The molecule has 1 saturated heterocycles. The van der Waals surface area contributed by atoms with Crippen LogP contribution >= 0.6 is 148 Å². The molecular weight excluding hydrogens is 1730 g/mol. The molecule has 1 fully saturated rings. The molecule has 0 unspecified atom stereocenters. The second-order valence-corrected chi connectivity index (χ2v) is 34.8. The number of halogens is 10. The Morgan fingerprint density at radius 2 is 1.15 bits per heavy atom. The number of rotatable bonds is 9. The van der Waals surface area contributed by atoms with E-state index in [1.165, 1.54) is 52.2 Å². The van der Waals surface area contributed by atoms with E-state index in [1.54, 1.807) is 43.6 Å². The van der Waals surface area contributed by atoms with Crippen LogP contribution in [0.4, 0.5) is 42.9 Å². The molecule has 16 nitrogen and oxygen atoms in total. The fourth-order valence-electron chi connectivity index (χ4n) is 5.84. The topological polar surface area (TPSA) is 203 Å².